The second-order valence-corrected chi connectivity index (χ2v) is 9.21. The van der Waals surface area contributed by atoms with E-state index < -0.39 is 0 Å². The van der Waals surface area contributed by atoms with E-state index in [1.807, 2.05) is 12.1 Å². The van der Waals surface area contributed by atoms with E-state index in [1.54, 1.807) is 12.3 Å². The molecule has 0 radical (unpaired) electrons. The van der Waals surface area contributed by atoms with Gasteiger partial charge in [-0.3, -0.25) is 4.98 Å². The lowest BCUT2D eigenvalue weighted by molar-refractivity contribution is 1.18. The highest BCUT2D eigenvalue weighted by Crippen LogP contribution is 2.39. The van der Waals surface area contributed by atoms with Crippen LogP contribution in [0.2, 0.25) is 0 Å². The number of aromatic nitrogens is 2. The van der Waals surface area contributed by atoms with Gasteiger partial charge >= 0.3 is 0 Å². The molecule has 2 heterocycles. The third-order valence-electron chi connectivity index (χ3n) is 7.05. The first kappa shape index (κ1) is 21.1. The van der Waals surface area contributed by atoms with Crippen LogP contribution in [-0.4, -0.2) is 9.55 Å². The first-order valence-corrected chi connectivity index (χ1v) is 12.3. The first-order valence-electron chi connectivity index (χ1n) is 12.3. The Bertz CT molecular complexity index is 1990. The van der Waals surface area contributed by atoms with Gasteiger partial charge in [0.15, 0.2) is 0 Å². The molecular formula is C34H21N3. The van der Waals surface area contributed by atoms with Gasteiger partial charge in [0.25, 0.3) is 0 Å². The molecule has 0 bridgehead atoms. The van der Waals surface area contributed by atoms with Crippen LogP contribution >= 0.6 is 0 Å². The molecule has 0 atom stereocenters. The van der Waals surface area contributed by atoms with Crippen molar-refractivity contribution in [2.75, 3.05) is 0 Å². The number of benzene rings is 5. The second kappa shape index (κ2) is 8.48. The zero-order chi connectivity index (χ0) is 24.8. The monoisotopic (exact) mass is 471 g/mol. The number of nitrogens with zero attached hydrogens (tertiary/aromatic N) is 3. The molecule has 5 aromatic carbocycles. The summed E-state index contributed by atoms with van der Waals surface area (Å²) in [7, 11) is 0. The molecule has 7 rings (SSSR count). The van der Waals surface area contributed by atoms with Crippen molar-refractivity contribution in [3.8, 4) is 34.1 Å². The van der Waals surface area contributed by atoms with Crippen molar-refractivity contribution in [3.63, 3.8) is 0 Å². The Labute approximate surface area is 214 Å². The minimum Gasteiger partial charge on any atom is -0.309 e. The highest BCUT2D eigenvalue weighted by molar-refractivity contribution is 6.21. The lowest BCUT2D eigenvalue weighted by Gasteiger charge is -2.09. The summed E-state index contributed by atoms with van der Waals surface area (Å²) in [5.41, 5.74) is 8.19. The number of pyridine rings is 1. The molecule has 0 aliphatic rings. The molecule has 172 valence electrons. The average molecular weight is 472 g/mol. The SMILES string of the molecule is N#Cc1ccnc(-c2cccc(-c3ccc4c(c3)c3c5ccccc5ccc3n4-c3ccccc3)c2)c1. The maximum absolute atomic E-state index is 9.31. The van der Waals surface area contributed by atoms with Gasteiger partial charge in [-0.2, -0.15) is 5.26 Å². The van der Waals surface area contributed by atoms with Crippen LogP contribution in [0.3, 0.4) is 0 Å². The zero-order valence-electron chi connectivity index (χ0n) is 20.0. The largest absolute Gasteiger partial charge is 0.309 e. The summed E-state index contributed by atoms with van der Waals surface area (Å²) in [5.74, 6) is 0. The lowest BCUT2D eigenvalue weighted by Crippen LogP contribution is -1.93. The molecule has 0 fully saturated rings. The van der Waals surface area contributed by atoms with Gasteiger partial charge in [0.2, 0.25) is 0 Å². The number of nitriles is 1. The lowest BCUT2D eigenvalue weighted by atomic mass is 9.98. The van der Waals surface area contributed by atoms with Crippen LogP contribution in [0.1, 0.15) is 5.56 Å². The molecule has 3 heteroatoms. The van der Waals surface area contributed by atoms with E-state index in [2.05, 4.69) is 119 Å². The van der Waals surface area contributed by atoms with E-state index >= 15 is 0 Å². The number of hydrogen-bond donors (Lipinski definition) is 0. The molecular weight excluding hydrogens is 450 g/mol. The average Bonchev–Trinajstić information content (AvgIpc) is 3.32. The maximum Gasteiger partial charge on any atom is 0.0992 e. The van der Waals surface area contributed by atoms with E-state index in [0.29, 0.717) is 5.56 Å². The van der Waals surface area contributed by atoms with Crippen molar-refractivity contribution in [2.24, 2.45) is 0 Å². The maximum atomic E-state index is 9.31. The van der Waals surface area contributed by atoms with Gasteiger partial charge < -0.3 is 4.57 Å². The molecule has 0 saturated heterocycles. The summed E-state index contributed by atoms with van der Waals surface area (Å²) < 4.78 is 2.36. The Hall–Kier alpha value is -5.20. The van der Waals surface area contributed by atoms with Crippen molar-refractivity contribution in [3.05, 3.63) is 133 Å². The zero-order valence-corrected chi connectivity index (χ0v) is 20.0. The Kier molecular flexibility index (Phi) is 4.84. The van der Waals surface area contributed by atoms with E-state index in [9.17, 15) is 5.26 Å². The predicted molar refractivity (Wildman–Crippen MR) is 152 cm³/mol. The standard InChI is InChI=1S/C34H21N3/c35-22-23-17-18-36-31(19-23)27-9-6-8-25(20-27)26-14-15-32-30(21-26)34-29-12-5-4-7-24(29)13-16-33(34)37(32)28-10-2-1-3-11-28/h1-21H. The quantitative estimate of drug-likeness (QED) is 0.259. The summed E-state index contributed by atoms with van der Waals surface area (Å²) in [5, 5.41) is 14.3. The van der Waals surface area contributed by atoms with Gasteiger partial charge in [0.1, 0.15) is 0 Å². The summed E-state index contributed by atoms with van der Waals surface area (Å²) in [6.07, 6.45) is 1.69. The Morgan fingerprint density at radius 2 is 1.38 bits per heavy atom. The second-order valence-electron chi connectivity index (χ2n) is 9.21. The number of rotatable bonds is 3. The topological polar surface area (TPSA) is 41.6 Å². The van der Waals surface area contributed by atoms with Crippen LogP contribution in [0, 0.1) is 11.3 Å². The van der Waals surface area contributed by atoms with Gasteiger partial charge in [-0.15, -0.1) is 0 Å². The fourth-order valence-corrected chi connectivity index (χ4v) is 5.34. The summed E-state index contributed by atoms with van der Waals surface area (Å²) in [6, 6.07) is 44.5. The van der Waals surface area contributed by atoms with Crippen molar-refractivity contribution in [1.82, 2.24) is 9.55 Å². The van der Waals surface area contributed by atoms with Crippen molar-refractivity contribution in [2.45, 2.75) is 0 Å². The fourth-order valence-electron chi connectivity index (χ4n) is 5.34. The Balaban J connectivity index is 1.49. The highest BCUT2D eigenvalue weighted by atomic mass is 15.0. The van der Waals surface area contributed by atoms with Gasteiger partial charge in [-0.1, -0.05) is 72.8 Å². The Morgan fingerprint density at radius 3 is 2.27 bits per heavy atom. The molecule has 0 unspecified atom stereocenters. The molecule has 7 aromatic rings. The van der Waals surface area contributed by atoms with Crippen molar-refractivity contribution < 1.29 is 0 Å². The molecule has 3 nitrogen and oxygen atoms in total. The van der Waals surface area contributed by atoms with Gasteiger partial charge in [-0.25, -0.2) is 0 Å². The third-order valence-corrected chi connectivity index (χ3v) is 7.05. The molecule has 37 heavy (non-hydrogen) atoms. The summed E-state index contributed by atoms with van der Waals surface area (Å²) >= 11 is 0. The van der Waals surface area contributed by atoms with E-state index in [4.69, 9.17) is 0 Å². The summed E-state index contributed by atoms with van der Waals surface area (Å²) in [4.78, 5) is 4.50. The number of hydrogen-bond acceptors (Lipinski definition) is 2. The molecule has 0 N–H and O–H groups in total. The molecule has 2 aromatic heterocycles. The van der Waals surface area contributed by atoms with Crippen molar-refractivity contribution in [1.29, 1.82) is 5.26 Å². The fraction of sp³-hybridized carbons (Fsp3) is 0. The van der Waals surface area contributed by atoms with Crippen molar-refractivity contribution >= 4 is 32.6 Å². The molecule has 0 aliphatic heterocycles. The van der Waals surface area contributed by atoms with Crippen LogP contribution in [0.15, 0.2) is 128 Å². The number of fused-ring (bicyclic) bond motifs is 5. The minimum atomic E-state index is 0.609. The molecule has 0 amide bonds. The Morgan fingerprint density at radius 1 is 0.595 bits per heavy atom. The first-order chi connectivity index (χ1) is 18.3. The van der Waals surface area contributed by atoms with E-state index in [-0.39, 0.29) is 0 Å². The van der Waals surface area contributed by atoms with Crippen LogP contribution < -0.4 is 0 Å². The molecule has 0 spiro atoms. The number of para-hydroxylation sites is 1. The van der Waals surface area contributed by atoms with Gasteiger partial charge in [-0.05, 0) is 70.4 Å². The van der Waals surface area contributed by atoms with Gasteiger partial charge in [0, 0.05) is 28.2 Å². The highest BCUT2D eigenvalue weighted by Gasteiger charge is 2.16. The van der Waals surface area contributed by atoms with Crippen LogP contribution in [0.4, 0.5) is 0 Å². The summed E-state index contributed by atoms with van der Waals surface area (Å²) in [6.45, 7) is 0. The third kappa shape index (κ3) is 3.47. The van der Waals surface area contributed by atoms with Crippen LogP contribution in [-0.2, 0) is 0 Å². The minimum absolute atomic E-state index is 0.609. The molecule has 0 saturated carbocycles. The van der Waals surface area contributed by atoms with Crippen LogP contribution in [0.25, 0.3) is 60.6 Å². The smallest absolute Gasteiger partial charge is 0.0992 e. The van der Waals surface area contributed by atoms with E-state index in [1.165, 1.54) is 32.6 Å². The van der Waals surface area contributed by atoms with Crippen LogP contribution in [0.5, 0.6) is 0 Å². The normalized spacial score (nSPS) is 11.2. The van der Waals surface area contributed by atoms with Gasteiger partial charge in [0.05, 0.1) is 28.4 Å². The predicted octanol–water partition coefficient (Wildman–Crippen LogP) is 8.54. The van der Waals surface area contributed by atoms with E-state index in [0.717, 1.165) is 28.1 Å². The molecule has 0 aliphatic carbocycles.